The van der Waals surface area contributed by atoms with Crippen LogP contribution in [0.25, 0.3) is 0 Å². The summed E-state index contributed by atoms with van der Waals surface area (Å²) in [6.07, 6.45) is 3.05. The van der Waals surface area contributed by atoms with Crippen LogP contribution < -0.4 is 11.5 Å². The van der Waals surface area contributed by atoms with Crippen LogP contribution in [0.4, 0.5) is 0 Å². The van der Waals surface area contributed by atoms with Crippen LogP contribution in [0.3, 0.4) is 0 Å². The highest BCUT2D eigenvalue weighted by Gasteiger charge is 2.60. The molecule has 2 saturated carbocycles. The molecule has 2 aliphatic carbocycles. The first-order chi connectivity index (χ1) is 12.0. The second kappa shape index (κ2) is 7.62. The maximum absolute atomic E-state index is 12.0. The van der Waals surface area contributed by atoms with Gasteiger partial charge >= 0.3 is 17.9 Å². The third kappa shape index (κ3) is 4.07. The summed E-state index contributed by atoms with van der Waals surface area (Å²) in [6, 6.07) is -2.37. The number of carbonyl (C=O) groups excluding carboxylic acids is 3. The first-order valence-corrected chi connectivity index (χ1v) is 8.96. The topological polar surface area (TPSA) is 131 Å². The fraction of sp³-hybridized carbons (Fsp3) is 0.833. The lowest BCUT2D eigenvalue weighted by molar-refractivity contribution is -0.165. The van der Waals surface area contributed by atoms with Gasteiger partial charge < -0.3 is 25.7 Å². The van der Waals surface area contributed by atoms with Crippen molar-refractivity contribution in [2.45, 2.75) is 64.6 Å². The number of esters is 3. The van der Waals surface area contributed by atoms with E-state index in [0.29, 0.717) is 5.92 Å². The summed E-state index contributed by atoms with van der Waals surface area (Å²) < 4.78 is 15.1. The van der Waals surface area contributed by atoms with Crippen molar-refractivity contribution in [1.29, 1.82) is 0 Å². The number of methoxy groups -OCH3 is 1. The first-order valence-electron chi connectivity index (χ1n) is 8.96. The molecule has 0 aliphatic heterocycles. The van der Waals surface area contributed by atoms with E-state index in [2.05, 4.69) is 30.2 Å². The van der Waals surface area contributed by atoms with Crippen LogP contribution >= 0.6 is 0 Å². The highest BCUT2D eigenvalue weighted by atomic mass is 16.6. The van der Waals surface area contributed by atoms with E-state index < -0.39 is 30.0 Å². The average Bonchev–Trinajstić information content (AvgIpc) is 3.04. The predicted molar refractivity (Wildman–Crippen MR) is 92.7 cm³/mol. The molecule has 4 N–H and O–H groups in total. The summed E-state index contributed by atoms with van der Waals surface area (Å²) in [5, 5.41) is 0. The molecule has 3 unspecified atom stereocenters. The molecule has 5 atom stereocenters. The molecule has 0 heterocycles. The summed E-state index contributed by atoms with van der Waals surface area (Å²) in [5.41, 5.74) is 11.4. The smallest absolute Gasteiger partial charge is 0.333 e. The molecule has 0 spiro atoms. The number of nitrogens with two attached hydrogens (primary N) is 2. The van der Waals surface area contributed by atoms with Crippen LogP contribution in [0, 0.1) is 16.7 Å². The SMILES string of the molecule is COC(=O)C[C@H](N)C(=O)OC(=O)[C@@H](N)COC1C2(C)CCC(C2)C1(C)C. The van der Waals surface area contributed by atoms with Crippen molar-refractivity contribution in [2.24, 2.45) is 28.2 Å². The molecule has 8 nitrogen and oxygen atoms in total. The Hall–Kier alpha value is -1.51. The third-order valence-corrected chi connectivity index (χ3v) is 6.00. The summed E-state index contributed by atoms with van der Waals surface area (Å²) >= 11 is 0. The van der Waals surface area contributed by atoms with Gasteiger partial charge in [0.05, 0.1) is 26.2 Å². The standard InChI is InChI=1S/C18H30N2O6/c1-17(2)10-5-6-18(3,8-10)16(17)25-9-12(20)15(23)26-14(22)11(19)7-13(21)24-4/h10-12,16H,5-9,19-20H2,1-4H3/t10?,11-,12-,16?,18?/m0/s1. The Morgan fingerprint density at radius 3 is 2.27 bits per heavy atom. The third-order valence-electron chi connectivity index (χ3n) is 6.00. The van der Waals surface area contributed by atoms with E-state index in [1.165, 1.54) is 13.5 Å². The summed E-state index contributed by atoms with van der Waals surface area (Å²) in [4.78, 5) is 34.9. The fourth-order valence-electron chi connectivity index (χ4n) is 4.54. The monoisotopic (exact) mass is 370 g/mol. The van der Waals surface area contributed by atoms with Crippen molar-refractivity contribution >= 4 is 17.9 Å². The zero-order chi connectivity index (χ0) is 19.7. The molecule has 0 aromatic carbocycles. The second-order valence-corrected chi connectivity index (χ2v) is 8.36. The number of hydrogen-bond acceptors (Lipinski definition) is 8. The van der Waals surface area contributed by atoms with Crippen LogP contribution in [0.2, 0.25) is 0 Å². The Kier molecular flexibility index (Phi) is 6.09. The van der Waals surface area contributed by atoms with E-state index in [0.717, 1.165) is 12.8 Å². The van der Waals surface area contributed by atoms with Crippen LogP contribution in [0.5, 0.6) is 0 Å². The zero-order valence-electron chi connectivity index (χ0n) is 15.9. The van der Waals surface area contributed by atoms with Crippen LogP contribution in [-0.2, 0) is 28.6 Å². The molecular weight excluding hydrogens is 340 g/mol. The van der Waals surface area contributed by atoms with E-state index in [1.54, 1.807) is 0 Å². The van der Waals surface area contributed by atoms with Gasteiger partial charge in [-0.2, -0.15) is 0 Å². The van der Waals surface area contributed by atoms with E-state index in [4.69, 9.17) is 16.2 Å². The molecule has 0 amide bonds. The van der Waals surface area contributed by atoms with Gasteiger partial charge in [-0.15, -0.1) is 0 Å². The Morgan fingerprint density at radius 1 is 1.12 bits per heavy atom. The molecule has 148 valence electrons. The van der Waals surface area contributed by atoms with Gasteiger partial charge in [-0.3, -0.25) is 4.79 Å². The Bertz CT molecular complexity index is 573. The van der Waals surface area contributed by atoms with Crippen molar-refractivity contribution in [3.63, 3.8) is 0 Å². The second-order valence-electron chi connectivity index (χ2n) is 8.36. The Morgan fingerprint density at radius 2 is 1.73 bits per heavy atom. The number of ether oxygens (including phenoxy) is 3. The zero-order valence-corrected chi connectivity index (χ0v) is 15.9. The lowest BCUT2D eigenvalue weighted by Gasteiger charge is -2.42. The molecule has 8 heteroatoms. The van der Waals surface area contributed by atoms with Crippen molar-refractivity contribution in [3.8, 4) is 0 Å². The normalized spacial score (nSPS) is 31.3. The Balaban J connectivity index is 1.84. The molecular formula is C18H30N2O6. The molecule has 0 saturated heterocycles. The van der Waals surface area contributed by atoms with Crippen LogP contribution in [-0.4, -0.2) is 49.8 Å². The lowest BCUT2D eigenvalue weighted by Crippen LogP contribution is -2.47. The molecule has 2 aliphatic rings. The quantitative estimate of drug-likeness (QED) is 0.489. The summed E-state index contributed by atoms with van der Waals surface area (Å²) in [7, 11) is 1.18. The van der Waals surface area contributed by atoms with Gasteiger partial charge in [0.15, 0.2) is 0 Å². The highest BCUT2D eigenvalue weighted by molar-refractivity contribution is 5.92. The molecule has 0 aromatic heterocycles. The van der Waals surface area contributed by atoms with Gasteiger partial charge in [0.1, 0.15) is 12.1 Å². The van der Waals surface area contributed by atoms with Crippen molar-refractivity contribution < 1.29 is 28.6 Å². The van der Waals surface area contributed by atoms with Crippen LogP contribution in [0.1, 0.15) is 46.5 Å². The van der Waals surface area contributed by atoms with E-state index in [9.17, 15) is 14.4 Å². The number of carbonyl (C=O) groups is 3. The Labute approximate surface area is 153 Å². The molecule has 2 bridgehead atoms. The number of rotatable bonds is 7. The minimum absolute atomic E-state index is 0.00452. The predicted octanol–water partition coefficient (Wildman–Crippen LogP) is 0.505. The van der Waals surface area contributed by atoms with E-state index >= 15 is 0 Å². The average molecular weight is 370 g/mol. The molecule has 26 heavy (non-hydrogen) atoms. The number of hydrogen-bond donors (Lipinski definition) is 2. The van der Waals surface area contributed by atoms with Gasteiger partial charge in [-0.05, 0) is 36.0 Å². The van der Waals surface area contributed by atoms with Gasteiger partial charge in [0.2, 0.25) is 0 Å². The van der Waals surface area contributed by atoms with Gasteiger partial charge in [-0.25, -0.2) is 9.59 Å². The van der Waals surface area contributed by atoms with E-state index in [-0.39, 0.29) is 30.0 Å². The van der Waals surface area contributed by atoms with Crippen molar-refractivity contribution in [2.75, 3.05) is 13.7 Å². The first kappa shape index (κ1) is 20.8. The fourth-order valence-corrected chi connectivity index (χ4v) is 4.54. The molecule has 0 aromatic rings. The maximum Gasteiger partial charge on any atom is 0.333 e. The molecule has 2 fully saturated rings. The van der Waals surface area contributed by atoms with Crippen molar-refractivity contribution in [1.82, 2.24) is 0 Å². The summed E-state index contributed by atoms with van der Waals surface area (Å²) in [6.45, 7) is 6.55. The highest BCUT2D eigenvalue weighted by Crippen LogP contribution is 2.63. The largest absolute Gasteiger partial charge is 0.469 e. The van der Waals surface area contributed by atoms with Crippen molar-refractivity contribution in [3.05, 3.63) is 0 Å². The summed E-state index contributed by atoms with van der Waals surface area (Å²) in [5.74, 6) is -1.98. The minimum Gasteiger partial charge on any atom is -0.469 e. The minimum atomic E-state index is -1.28. The van der Waals surface area contributed by atoms with Gasteiger partial charge in [-0.1, -0.05) is 20.8 Å². The number of fused-ring (bicyclic) bond motifs is 2. The van der Waals surface area contributed by atoms with E-state index in [1.807, 2.05) is 0 Å². The maximum atomic E-state index is 12.0. The molecule has 0 radical (unpaired) electrons. The van der Waals surface area contributed by atoms with Gasteiger partial charge in [0, 0.05) is 0 Å². The lowest BCUT2D eigenvalue weighted by atomic mass is 9.70. The molecule has 2 rings (SSSR count). The van der Waals surface area contributed by atoms with Gasteiger partial charge in [0.25, 0.3) is 0 Å². The van der Waals surface area contributed by atoms with Crippen LogP contribution in [0.15, 0.2) is 0 Å².